The number of nitrogens with two attached hydrogens (primary N) is 1. The van der Waals surface area contributed by atoms with Gasteiger partial charge in [-0.15, -0.1) is 11.3 Å². The smallest absolute Gasteiger partial charge is 0.246 e. The Kier molecular flexibility index (Phi) is 4.19. The number of ether oxygens (including phenoxy) is 1. The summed E-state index contributed by atoms with van der Waals surface area (Å²) in [6, 6.07) is 6.18. The molecule has 1 aromatic heterocycles. The number of hydrogen-bond acceptors (Lipinski definition) is 5. The number of hydrogen-bond donors (Lipinski definition) is 2. The minimum atomic E-state index is -0.914. The predicted octanol–water partition coefficient (Wildman–Crippen LogP) is 2.40. The Morgan fingerprint density at radius 3 is 2.91 bits per heavy atom. The van der Waals surface area contributed by atoms with Crippen LogP contribution in [0.5, 0.6) is 0 Å². The molecular formula is C15H16FN3O2S. The third-order valence-electron chi connectivity index (χ3n) is 3.68. The van der Waals surface area contributed by atoms with Crippen LogP contribution in [-0.4, -0.2) is 29.6 Å². The van der Waals surface area contributed by atoms with Crippen molar-refractivity contribution in [2.24, 2.45) is 5.73 Å². The van der Waals surface area contributed by atoms with E-state index in [1.807, 2.05) is 0 Å². The van der Waals surface area contributed by atoms with E-state index in [-0.39, 0.29) is 11.7 Å². The molecule has 1 aliphatic heterocycles. The maximum atomic E-state index is 13.2. The van der Waals surface area contributed by atoms with Gasteiger partial charge in [0.2, 0.25) is 5.91 Å². The summed E-state index contributed by atoms with van der Waals surface area (Å²) in [7, 11) is 0. The van der Waals surface area contributed by atoms with E-state index in [1.165, 1.54) is 23.5 Å². The molecule has 7 heteroatoms. The fourth-order valence-electron chi connectivity index (χ4n) is 2.30. The average Bonchev–Trinajstić information content (AvgIpc) is 2.96. The highest BCUT2D eigenvalue weighted by Gasteiger charge is 2.36. The molecule has 1 aromatic carbocycles. The van der Waals surface area contributed by atoms with Crippen molar-refractivity contribution < 1.29 is 13.9 Å². The summed E-state index contributed by atoms with van der Waals surface area (Å²) >= 11 is 1.29. The maximum absolute atomic E-state index is 13.2. The molecule has 2 aromatic rings. The number of halogens is 1. The van der Waals surface area contributed by atoms with Gasteiger partial charge < -0.3 is 15.8 Å². The van der Waals surface area contributed by atoms with Gasteiger partial charge in [0.05, 0.1) is 5.69 Å². The molecule has 1 saturated heterocycles. The number of amides is 1. The Morgan fingerprint density at radius 2 is 2.18 bits per heavy atom. The van der Waals surface area contributed by atoms with E-state index in [0.29, 0.717) is 42.4 Å². The Labute approximate surface area is 131 Å². The van der Waals surface area contributed by atoms with E-state index in [2.05, 4.69) is 10.3 Å². The lowest BCUT2D eigenvalue weighted by Crippen LogP contribution is -2.54. The summed E-state index contributed by atoms with van der Waals surface area (Å²) in [5.74, 6) is -0.574. The number of benzene rings is 1. The first-order chi connectivity index (χ1) is 10.6. The number of carbonyl (C=O) groups excluding carboxylic acids is 1. The predicted molar refractivity (Wildman–Crippen MR) is 83.1 cm³/mol. The van der Waals surface area contributed by atoms with E-state index in [4.69, 9.17) is 10.5 Å². The van der Waals surface area contributed by atoms with Gasteiger partial charge in [-0.05, 0) is 25.0 Å². The lowest BCUT2D eigenvalue weighted by Gasteiger charge is -2.31. The van der Waals surface area contributed by atoms with Crippen LogP contribution in [0.3, 0.4) is 0 Å². The molecule has 0 aliphatic carbocycles. The second-order valence-electron chi connectivity index (χ2n) is 5.27. The van der Waals surface area contributed by atoms with Crippen LogP contribution in [0.25, 0.3) is 11.3 Å². The Hall–Kier alpha value is -1.83. The van der Waals surface area contributed by atoms with Gasteiger partial charge >= 0.3 is 0 Å². The topological polar surface area (TPSA) is 77.2 Å². The molecule has 1 amide bonds. The molecule has 116 valence electrons. The zero-order valence-corrected chi connectivity index (χ0v) is 12.7. The SMILES string of the molecule is NC1(C(=O)Nc2nc(-c3cccc(F)c3)cs2)CCOCC1. The van der Waals surface area contributed by atoms with Crippen molar-refractivity contribution in [2.45, 2.75) is 18.4 Å². The van der Waals surface area contributed by atoms with Crippen LogP contribution < -0.4 is 11.1 Å². The minimum Gasteiger partial charge on any atom is -0.381 e. The average molecular weight is 321 g/mol. The van der Waals surface area contributed by atoms with E-state index >= 15 is 0 Å². The van der Waals surface area contributed by atoms with Crippen molar-refractivity contribution in [1.29, 1.82) is 0 Å². The van der Waals surface area contributed by atoms with Crippen LogP contribution in [0.1, 0.15) is 12.8 Å². The maximum Gasteiger partial charge on any atom is 0.246 e. The van der Waals surface area contributed by atoms with Crippen molar-refractivity contribution in [2.75, 3.05) is 18.5 Å². The molecule has 0 saturated carbocycles. The van der Waals surface area contributed by atoms with Crippen molar-refractivity contribution in [3.8, 4) is 11.3 Å². The lowest BCUT2D eigenvalue weighted by molar-refractivity contribution is -0.124. The summed E-state index contributed by atoms with van der Waals surface area (Å²) in [5, 5.41) is 4.99. The Bertz CT molecular complexity index is 683. The fourth-order valence-corrected chi connectivity index (χ4v) is 3.01. The van der Waals surface area contributed by atoms with E-state index in [1.54, 1.807) is 17.5 Å². The third-order valence-corrected chi connectivity index (χ3v) is 4.44. The number of carbonyl (C=O) groups is 1. The van der Waals surface area contributed by atoms with Gasteiger partial charge in [-0.25, -0.2) is 9.37 Å². The minimum absolute atomic E-state index is 0.254. The third kappa shape index (κ3) is 3.16. The van der Waals surface area contributed by atoms with E-state index in [9.17, 15) is 9.18 Å². The molecule has 5 nitrogen and oxygen atoms in total. The largest absolute Gasteiger partial charge is 0.381 e. The normalized spacial score (nSPS) is 17.2. The highest BCUT2D eigenvalue weighted by atomic mass is 32.1. The summed E-state index contributed by atoms with van der Waals surface area (Å²) < 4.78 is 18.5. The molecule has 0 spiro atoms. The van der Waals surface area contributed by atoms with Crippen LogP contribution in [0.2, 0.25) is 0 Å². The molecule has 0 atom stereocenters. The van der Waals surface area contributed by atoms with Gasteiger partial charge in [0, 0.05) is 24.2 Å². The number of thiazole rings is 1. The summed E-state index contributed by atoms with van der Waals surface area (Å²) in [5.41, 5.74) is 6.50. The second kappa shape index (κ2) is 6.12. The highest BCUT2D eigenvalue weighted by Crippen LogP contribution is 2.27. The van der Waals surface area contributed by atoms with E-state index < -0.39 is 5.54 Å². The second-order valence-corrected chi connectivity index (χ2v) is 6.13. The van der Waals surface area contributed by atoms with Crippen molar-refractivity contribution >= 4 is 22.4 Å². The molecule has 2 heterocycles. The lowest BCUT2D eigenvalue weighted by atomic mass is 9.90. The van der Waals surface area contributed by atoms with Crippen molar-refractivity contribution in [3.63, 3.8) is 0 Å². The zero-order chi connectivity index (χ0) is 15.6. The summed E-state index contributed by atoms with van der Waals surface area (Å²) in [6.07, 6.45) is 0.974. The molecule has 0 bridgehead atoms. The molecule has 1 fully saturated rings. The first-order valence-corrected chi connectivity index (χ1v) is 7.84. The standard InChI is InChI=1S/C15H16FN3O2S/c16-11-3-1-2-10(8-11)12-9-22-14(18-12)19-13(20)15(17)4-6-21-7-5-15/h1-3,8-9H,4-7,17H2,(H,18,19,20). The van der Waals surface area contributed by atoms with Crippen LogP contribution in [0.4, 0.5) is 9.52 Å². The van der Waals surface area contributed by atoms with E-state index in [0.717, 1.165) is 0 Å². The zero-order valence-electron chi connectivity index (χ0n) is 11.8. The van der Waals surface area contributed by atoms with Crippen LogP contribution >= 0.6 is 11.3 Å². The number of anilines is 1. The molecule has 1 aliphatic rings. The van der Waals surface area contributed by atoms with Crippen LogP contribution in [0, 0.1) is 5.82 Å². The van der Waals surface area contributed by atoms with Gasteiger partial charge in [-0.1, -0.05) is 12.1 Å². The van der Waals surface area contributed by atoms with Gasteiger partial charge in [-0.2, -0.15) is 0 Å². The highest BCUT2D eigenvalue weighted by molar-refractivity contribution is 7.14. The van der Waals surface area contributed by atoms with Crippen LogP contribution in [0.15, 0.2) is 29.6 Å². The van der Waals surface area contributed by atoms with Gasteiger partial charge in [-0.3, -0.25) is 4.79 Å². The first-order valence-electron chi connectivity index (χ1n) is 6.96. The van der Waals surface area contributed by atoms with Crippen molar-refractivity contribution in [3.05, 3.63) is 35.5 Å². The van der Waals surface area contributed by atoms with Crippen molar-refractivity contribution in [1.82, 2.24) is 4.98 Å². The molecule has 3 N–H and O–H groups in total. The molecule has 22 heavy (non-hydrogen) atoms. The Morgan fingerprint density at radius 1 is 1.41 bits per heavy atom. The summed E-state index contributed by atoms with van der Waals surface area (Å²) in [4.78, 5) is 16.6. The summed E-state index contributed by atoms with van der Waals surface area (Å²) in [6.45, 7) is 0.965. The molecular weight excluding hydrogens is 305 g/mol. The number of nitrogens with one attached hydrogen (secondary N) is 1. The monoisotopic (exact) mass is 321 g/mol. The molecule has 0 unspecified atom stereocenters. The quantitative estimate of drug-likeness (QED) is 0.910. The molecule has 3 rings (SSSR count). The number of aromatic nitrogens is 1. The number of nitrogens with zero attached hydrogens (tertiary/aromatic N) is 1. The van der Waals surface area contributed by atoms with Gasteiger partial charge in [0.25, 0.3) is 0 Å². The molecule has 0 radical (unpaired) electrons. The van der Waals surface area contributed by atoms with Crippen LogP contribution in [-0.2, 0) is 9.53 Å². The Balaban J connectivity index is 1.73. The first kappa shape index (κ1) is 15.1. The fraction of sp³-hybridized carbons (Fsp3) is 0.333. The number of rotatable bonds is 3. The van der Waals surface area contributed by atoms with Gasteiger partial charge in [0.15, 0.2) is 5.13 Å². The van der Waals surface area contributed by atoms with Gasteiger partial charge in [0.1, 0.15) is 11.4 Å².